The molecule has 0 fully saturated rings. The Bertz CT molecular complexity index is 366. The average Bonchev–Trinajstić information content (AvgIpc) is 2.57. The quantitative estimate of drug-likeness (QED) is 0.434. The van der Waals surface area contributed by atoms with Gasteiger partial charge in [0.05, 0.1) is 4.92 Å². The fourth-order valence-corrected chi connectivity index (χ4v) is 1.37. The van der Waals surface area contributed by atoms with Crippen molar-refractivity contribution >= 4 is 5.69 Å². The van der Waals surface area contributed by atoms with E-state index in [-0.39, 0.29) is 5.69 Å². The molecule has 0 N–H and O–H groups in total. The van der Waals surface area contributed by atoms with Gasteiger partial charge in [0.2, 0.25) is 0 Å². The second-order valence-corrected chi connectivity index (χ2v) is 5.17. The van der Waals surface area contributed by atoms with E-state index < -0.39 is 4.92 Å². The predicted octanol–water partition coefficient (Wildman–Crippen LogP) is 6.96. The van der Waals surface area contributed by atoms with E-state index in [1.807, 2.05) is 13.8 Å². The molecule has 0 bridgehead atoms. The highest BCUT2D eigenvalue weighted by Crippen LogP contribution is 2.12. The molecule has 1 heterocycles. The van der Waals surface area contributed by atoms with Gasteiger partial charge in [-0.2, -0.15) is 0 Å². The van der Waals surface area contributed by atoms with Gasteiger partial charge < -0.3 is 0 Å². The highest BCUT2D eigenvalue weighted by atomic mass is 16.6. The maximum Gasteiger partial charge on any atom is 0.290 e. The van der Waals surface area contributed by atoms with Crippen molar-refractivity contribution in [1.82, 2.24) is 4.98 Å². The summed E-state index contributed by atoms with van der Waals surface area (Å²) in [6, 6.07) is 2.98. The first-order valence-corrected chi connectivity index (χ1v) is 9.00. The lowest BCUT2D eigenvalue weighted by Crippen LogP contribution is -1.92. The van der Waals surface area contributed by atoms with E-state index in [2.05, 4.69) is 39.6 Å². The molecular weight excluding hydrogens is 288 g/mol. The second-order valence-electron chi connectivity index (χ2n) is 5.17. The molecule has 0 saturated heterocycles. The summed E-state index contributed by atoms with van der Waals surface area (Å²) < 4.78 is 0. The molecule has 1 aromatic rings. The summed E-state index contributed by atoms with van der Waals surface area (Å²) in [5, 5.41) is 10.2. The van der Waals surface area contributed by atoms with E-state index in [0.717, 1.165) is 5.92 Å². The number of unbranched alkanes of at least 4 members (excludes halogenated alkanes) is 1. The number of nitro groups is 1. The van der Waals surface area contributed by atoms with Crippen LogP contribution >= 0.6 is 0 Å². The molecule has 1 aromatic heterocycles. The minimum atomic E-state index is -0.442. The molecule has 0 amide bonds. The van der Waals surface area contributed by atoms with Crippen molar-refractivity contribution in [3.8, 4) is 0 Å². The zero-order valence-corrected chi connectivity index (χ0v) is 16.6. The third kappa shape index (κ3) is 18.5. The van der Waals surface area contributed by atoms with Crippen LogP contribution < -0.4 is 0 Å². The van der Waals surface area contributed by atoms with E-state index in [1.54, 1.807) is 13.0 Å². The number of aryl methyl sites for hydroxylation is 1. The smallest absolute Gasteiger partial charge is 0.258 e. The number of hydrogen-bond donors (Lipinski definition) is 0. The van der Waals surface area contributed by atoms with Crippen LogP contribution in [0.2, 0.25) is 0 Å². The van der Waals surface area contributed by atoms with E-state index in [0.29, 0.717) is 5.69 Å². The van der Waals surface area contributed by atoms with E-state index in [4.69, 9.17) is 0 Å². The van der Waals surface area contributed by atoms with Gasteiger partial charge in [-0.05, 0) is 18.9 Å². The van der Waals surface area contributed by atoms with Crippen molar-refractivity contribution in [2.75, 3.05) is 0 Å². The van der Waals surface area contributed by atoms with Crippen LogP contribution in [0.1, 0.15) is 86.3 Å². The maximum absolute atomic E-state index is 10.2. The van der Waals surface area contributed by atoms with Gasteiger partial charge in [0.15, 0.2) is 0 Å². The second kappa shape index (κ2) is 20.6. The number of nitrogens with zero attached hydrogens (tertiary/aromatic N) is 2. The molecule has 0 aliphatic heterocycles. The minimum absolute atomic E-state index is 0.0718. The lowest BCUT2D eigenvalue weighted by molar-refractivity contribution is -0.385. The predicted molar refractivity (Wildman–Crippen MR) is 102 cm³/mol. The monoisotopic (exact) mass is 326 g/mol. The van der Waals surface area contributed by atoms with E-state index in [1.165, 1.54) is 44.4 Å². The Hall–Kier alpha value is -1.45. The van der Waals surface area contributed by atoms with Gasteiger partial charge in [0.1, 0.15) is 5.69 Å². The molecule has 1 unspecified atom stereocenters. The molecule has 136 valence electrons. The summed E-state index contributed by atoms with van der Waals surface area (Å²) in [5.41, 5.74) is 0.523. The highest BCUT2D eigenvalue weighted by molar-refractivity contribution is 5.32. The zero-order chi connectivity index (χ0) is 18.7. The van der Waals surface area contributed by atoms with Crippen molar-refractivity contribution in [3.63, 3.8) is 0 Å². The van der Waals surface area contributed by atoms with Crippen molar-refractivity contribution in [1.29, 1.82) is 0 Å². The molecule has 0 aromatic carbocycles. The minimum Gasteiger partial charge on any atom is -0.258 e. The van der Waals surface area contributed by atoms with Crippen LogP contribution in [0, 0.1) is 23.0 Å². The molecule has 0 aliphatic rings. The lowest BCUT2D eigenvalue weighted by atomic mass is 10.0. The Kier molecular flexibility index (Phi) is 23.6. The first-order valence-electron chi connectivity index (χ1n) is 9.00. The molecular formula is C19H38N2O2. The maximum atomic E-state index is 10.2. The van der Waals surface area contributed by atoms with Crippen LogP contribution in [0.15, 0.2) is 18.3 Å². The Morgan fingerprint density at radius 3 is 1.87 bits per heavy atom. The van der Waals surface area contributed by atoms with Gasteiger partial charge in [-0.1, -0.05) is 80.6 Å². The molecule has 4 nitrogen and oxygen atoms in total. The third-order valence-corrected chi connectivity index (χ3v) is 3.15. The molecule has 0 radical (unpaired) electrons. The molecule has 0 saturated carbocycles. The lowest BCUT2D eigenvalue weighted by Gasteiger charge is -2.02. The van der Waals surface area contributed by atoms with Gasteiger partial charge in [0.25, 0.3) is 5.69 Å². The summed E-state index contributed by atoms with van der Waals surface area (Å²) in [4.78, 5) is 13.5. The van der Waals surface area contributed by atoms with Crippen molar-refractivity contribution in [3.05, 3.63) is 34.1 Å². The fraction of sp³-hybridized carbons (Fsp3) is 0.737. The first kappa shape index (κ1) is 26.4. The third-order valence-electron chi connectivity index (χ3n) is 3.15. The molecule has 1 atom stereocenters. The van der Waals surface area contributed by atoms with Gasteiger partial charge in [-0.15, -0.1) is 0 Å². The Morgan fingerprint density at radius 1 is 1.13 bits per heavy atom. The Balaban J connectivity index is -0.000000270. The van der Waals surface area contributed by atoms with Crippen molar-refractivity contribution < 1.29 is 4.92 Å². The summed E-state index contributed by atoms with van der Waals surface area (Å²) in [6.07, 6.45) is 8.25. The first-order chi connectivity index (χ1) is 10.9. The van der Waals surface area contributed by atoms with Gasteiger partial charge in [-0.25, -0.2) is 0 Å². The van der Waals surface area contributed by atoms with Crippen LogP contribution in [0.3, 0.4) is 0 Å². The molecule has 23 heavy (non-hydrogen) atoms. The topological polar surface area (TPSA) is 56.0 Å². The zero-order valence-electron chi connectivity index (χ0n) is 16.6. The summed E-state index contributed by atoms with van der Waals surface area (Å²) in [5.74, 6) is 0.949. The molecule has 4 heteroatoms. The highest BCUT2D eigenvalue weighted by Gasteiger charge is 2.07. The van der Waals surface area contributed by atoms with Crippen LogP contribution in [0.4, 0.5) is 5.69 Å². The number of rotatable bonds is 5. The summed E-state index contributed by atoms with van der Waals surface area (Å²) >= 11 is 0. The molecule has 0 aliphatic carbocycles. The summed E-state index contributed by atoms with van der Waals surface area (Å²) in [7, 11) is 0. The van der Waals surface area contributed by atoms with Crippen LogP contribution in [-0.4, -0.2) is 9.91 Å². The molecule has 1 rings (SSSR count). The van der Waals surface area contributed by atoms with Crippen LogP contribution in [-0.2, 0) is 0 Å². The SMILES string of the molecule is CC.CCCC.CCCC(C)CC.Cc1ncccc1[N+](=O)[O-]. The van der Waals surface area contributed by atoms with Gasteiger partial charge in [0, 0.05) is 12.3 Å². The standard InChI is InChI=1S/C7H16.C6H6N2O2.C4H10.C2H6/c1-4-6-7(3)5-2;1-5-6(8(9)10)3-2-4-7-5;1-3-4-2;1-2/h7H,4-6H2,1-3H3;2-4H,1H3;3-4H2,1-2H3;1-2H3. The van der Waals surface area contributed by atoms with Crippen LogP contribution in [0.25, 0.3) is 0 Å². The normalized spacial score (nSPS) is 9.91. The largest absolute Gasteiger partial charge is 0.290 e. The Labute approximate surface area is 143 Å². The Morgan fingerprint density at radius 2 is 1.65 bits per heavy atom. The van der Waals surface area contributed by atoms with Crippen molar-refractivity contribution in [2.45, 2.75) is 87.5 Å². The van der Waals surface area contributed by atoms with Gasteiger partial charge in [-0.3, -0.25) is 15.1 Å². The fourth-order valence-electron chi connectivity index (χ4n) is 1.37. The van der Waals surface area contributed by atoms with E-state index >= 15 is 0 Å². The molecule has 0 spiro atoms. The average molecular weight is 327 g/mol. The summed E-state index contributed by atoms with van der Waals surface area (Å²) in [6.45, 7) is 16.8. The number of hydrogen-bond acceptors (Lipinski definition) is 3. The van der Waals surface area contributed by atoms with Gasteiger partial charge >= 0.3 is 0 Å². The number of aromatic nitrogens is 1. The van der Waals surface area contributed by atoms with Crippen LogP contribution in [0.5, 0.6) is 0 Å². The number of pyridine rings is 1. The van der Waals surface area contributed by atoms with Crippen molar-refractivity contribution in [2.24, 2.45) is 5.92 Å². The van der Waals surface area contributed by atoms with E-state index in [9.17, 15) is 10.1 Å².